The molecule has 2 aromatic rings. The number of aromatic nitrogens is 1. The van der Waals surface area contributed by atoms with Crippen molar-refractivity contribution >= 4 is 5.91 Å². The van der Waals surface area contributed by atoms with Gasteiger partial charge in [0.1, 0.15) is 6.26 Å². The van der Waals surface area contributed by atoms with Gasteiger partial charge in [-0.05, 0) is 37.5 Å². The molecule has 98 valence electrons. The van der Waals surface area contributed by atoms with Crippen LogP contribution >= 0.6 is 0 Å². The Balaban J connectivity index is 1.87. The molecule has 0 unspecified atom stereocenters. The molecule has 3 rings (SSSR count). The van der Waals surface area contributed by atoms with Gasteiger partial charge in [0.25, 0.3) is 5.91 Å². The first-order chi connectivity index (χ1) is 9.36. The Kier molecular flexibility index (Phi) is 3.31. The van der Waals surface area contributed by atoms with Crippen LogP contribution in [0.1, 0.15) is 41.4 Å². The van der Waals surface area contributed by atoms with E-state index in [1.807, 2.05) is 23.1 Å². The summed E-state index contributed by atoms with van der Waals surface area (Å²) in [4.78, 5) is 18.8. The van der Waals surface area contributed by atoms with Gasteiger partial charge in [0.15, 0.2) is 0 Å². The highest BCUT2D eigenvalue weighted by molar-refractivity contribution is 5.94. The van der Waals surface area contributed by atoms with Crippen LogP contribution in [0.25, 0.3) is 0 Å². The fraction of sp³-hybridized carbons (Fsp3) is 0.333. The summed E-state index contributed by atoms with van der Waals surface area (Å²) in [5.41, 5.74) is 1.59. The number of pyridine rings is 1. The van der Waals surface area contributed by atoms with E-state index < -0.39 is 0 Å². The van der Waals surface area contributed by atoms with Gasteiger partial charge in [-0.3, -0.25) is 9.78 Å². The van der Waals surface area contributed by atoms with E-state index in [-0.39, 0.29) is 11.9 Å². The maximum atomic E-state index is 12.5. The molecule has 1 aliphatic heterocycles. The maximum Gasteiger partial charge on any atom is 0.257 e. The normalized spacial score (nSPS) is 19.4. The van der Waals surface area contributed by atoms with Crippen molar-refractivity contribution in [2.45, 2.75) is 25.3 Å². The first-order valence-electron chi connectivity index (χ1n) is 6.60. The molecule has 1 aliphatic rings. The third-order valence-electron chi connectivity index (χ3n) is 3.56. The monoisotopic (exact) mass is 256 g/mol. The van der Waals surface area contributed by atoms with Gasteiger partial charge < -0.3 is 9.32 Å². The van der Waals surface area contributed by atoms with E-state index in [2.05, 4.69) is 4.98 Å². The molecular weight excluding hydrogens is 240 g/mol. The Morgan fingerprint density at radius 1 is 1.32 bits per heavy atom. The zero-order valence-electron chi connectivity index (χ0n) is 10.7. The van der Waals surface area contributed by atoms with Crippen molar-refractivity contribution in [2.75, 3.05) is 6.54 Å². The Morgan fingerprint density at radius 2 is 2.26 bits per heavy atom. The third-order valence-corrected chi connectivity index (χ3v) is 3.56. The second kappa shape index (κ2) is 5.26. The molecule has 0 saturated carbocycles. The van der Waals surface area contributed by atoms with Crippen LogP contribution in [0, 0.1) is 0 Å². The first-order valence-corrected chi connectivity index (χ1v) is 6.60. The summed E-state index contributed by atoms with van der Waals surface area (Å²) in [6.45, 7) is 0.783. The van der Waals surface area contributed by atoms with Gasteiger partial charge in [0, 0.05) is 12.7 Å². The van der Waals surface area contributed by atoms with Crippen LogP contribution in [0.4, 0.5) is 0 Å². The van der Waals surface area contributed by atoms with Crippen LogP contribution in [0.15, 0.2) is 47.4 Å². The Labute approximate surface area is 112 Å². The van der Waals surface area contributed by atoms with E-state index in [0.717, 1.165) is 31.5 Å². The highest BCUT2D eigenvalue weighted by Crippen LogP contribution is 2.30. The summed E-state index contributed by atoms with van der Waals surface area (Å²) in [6.07, 6.45) is 7.98. The van der Waals surface area contributed by atoms with Gasteiger partial charge >= 0.3 is 0 Å². The maximum absolute atomic E-state index is 12.5. The molecule has 0 bridgehead atoms. The van der Waals surface area contributed by atoms with Crippen molar-refractivity contribution in [1.82, 2.24) is 9.88 Å². The predicted molar refractivity (Wildman–Crippen MR) is 70.6 cm³/mol. The van der Waals surface area contributed by atoms with E-state index in [1.165, 1.54) is 12.5 Å². The number of carbonyl (C=O) groups is 1. The van der Waals surface area contributed by atoms with Crippen molar-refractivity contribution in [3.8, 4) is 0 Å². The minimum absolute atomic E-state index is 0.0316. The highest BCUT2D eigenvalue weighted by atomic mass is 16.3. The number of carbonyl (C=O) groups excluding carboxylic acids is 1. The Morgan fingerprint density at radius 3 is 3.00 bits per heavy atom. The zero-order chi connectivity index (χ0) is 13.1. The van der Waals surface area contributed by atoms with Crippen LogP contribution < -0.4 is 0 Å². The predicted octanol–water partition coefficient (Wildman–Crippen LogP) is 3.04. The molecule has 0 spiro atoms. The van der Waals surface area contributed by atoms with Gasteiger partial charge in [-0.2, -0.15) is 0 Å². The second-order valence-corrected chi connectivity index (χ2v) is 4.78. The van der Waals surface area contributed by atoms with Gasteiger partial charge in [0.05, 0.1) is 23.6 Å². The fourth-order valence-corrected chi connectivity index (χ4v) is 2.61. The average molecular weight is 256 g/mol. The van der Waals surface area contributed by atoms with Crippen LogP contribution in [-0.4, -0.2) is 22.3 Å². The topological polar surface area (TPSA) is 46.3 Å². The molecule has 1 atom stereocenters. The lowest BCUT2D eigenvalue weighted by Gasteiger charge is -2.35. The lowest BCUT2D eigenvalue weighted by atomic mass is 9.98. The quantitative estimate of drug-likeness (QED) is 0.829. The summed E-state index contributed by atoms with van der Waals surface area (Å²) in [7, 11) is 0. The summed E-state index contributed by atoms with van der Waals surface area (Å²) >= 11 is 0. The minimum Gasteiger partial charge on any atom is -0.472 e. The minimum atomic E-state index is 0.0316. The summed E-state index contributed by atoms with van der Waals surface area (Å²) < 4.78 is 5.00. The van der Waals surface area contributed by atoms with E-state index >= 15 is 0 Å². The fourth-order valence-electron chi connectivity index (χ4n) is 2.61. The summed E-state index contributed by atoms with van der Waals surface area (Å²) in [5, 5.41) is 0. The van der Waals surface area contributed by atoms with Gasteiger partial charge in [-0.1, -0.05) is 6.07 Å². The van der Waals surface area contributed by atoms with Crippen LogP contribution in [0.2, 0.25) is 0 Å². The van der Waals surface area contributed by atoms with Crippen molar-refractivity contribution in [2.24, 2.45) is 0 Å². The number of piperidine rings is 1. The highest BCUT2D eigenvalue weighted by Gasteiger charge is 2.29. The van der Waals surface area contributed by atoms with E-state index in [4.69, 9.17) is 4.42 Å². The zero-order valence-corrected chi connectivity index (χ0v) is 10.7. The lowest BCUT2D eigenvalue weighted by Crippen LogP contribution is -2.38. The number of likely N-dealkylation sites (tertiary alicyclic amines) is 1. The van der Waals surface area contributed by atoms with Crippen LogP contribution in [-0.2, 0) is 0 Å². The molecule has 0 N–H and O–H groups in total. The largest absolute Gasteiger partial charge is 0.472 e. The number of hydrogen-bond acceptors (Lipinski definition) is 3. The smallest absolute Gasteiger partial charge is 0.257 e. The molecule has 0 radical (unpaired) electrons. The van der Waals surface area contributed by atoms with Crippen molar-refractivity contribution in [3.05, 3.63) is 54.2 Å². The molecule has 0 aromatic carbocycles. The molecule has 4 nitrogen and oxygen atoms in total. The standard InChI is InChI=1S/C15H16N2O2/c18-15(12-7-10-19-11-12)17-9-4-2-6-14(17)13-5-1-3-8-16-13/h1,3,5,7-8,10-11,14H,2,4,6,9H2/t14-/m1/s1. The summed E-state index contributed by atoms with van der Waals surface area (Å²) in [6, 6.07) is 7.65. The molecule has 1 fully saturated rings. The molecule has 2 aromatic heterocycles. The van der Waals surface area contributed by atoms with Crippen LogP contribution in [0.3, 0.4) is 0 Å². The molecule has 0 aliphatic carbocycles. The van der Waals surface area contributed by atoms with Crippen molar-refractivity contribution in [3.63, 3.8) is 0 Å². The Bertz CT molecular complexity index is 537. The third kappa shape index (κ3) is 2.38. The van der Waals surface area contributed by atoms with E-state index in [1.54, 1.807) is 12.3 Å². The van der Waals surface area contributed by atoms with Gasteiger partial charge in [0.2, 0.25) is 0 Å². The van der Waals surface area contributed by atoms with E-state index in [0.29, 0.717) is 5.56 Å². The number of nitrogens with zero attached hydrogens (tertiary/aromatic N) is 2. The number of furan rings is 1. The SMILES string of the molecule is O=C(c1ccoc1)N1CCCC[C@@H]1c1ccccn1. The number of rotatable bonds is 2. The van der Waals surface area contributed by atoms with Crippen molar-refractivity contribution < 1.29 is 9.21 Å². The van der Waals surface area contributed by atoms with Crippen molar-refractivity contribution in [1.29, 1.82) is 0 Å². The average Bonchev–Trinajstić information content (AvgIpc) is 3.02. The first kappa shape index (κ1) is 12.0. The summed E-state index contributed by atoms with van der Waals surface area (Å²) in [5.74, 6) is 0.0316. The molecule has 19 heavy (non-hydrogen) atoms. The van der Waals surface area contributed by atoms with Crippen LogP contribution in [0.5, 0.6) is 0 Å². The number of amides is 1. The second-order valence-electron chi connectivity index (χ2n) is 4.78. The molecular formula is C15H16N2O2. The Hall–Kier alpha value is -2.10. The molecule has 1 saturated heterocycles. The van der Waals surface area contributed by atoms with Gasteiger partial charge in [-0.25, -0.2) is 0 Å². The molecule has 4 heteroatoms. The lowest BCUT2D eigenvalue weighted by molar-refractivity contribution is 0.0605. The number of hydrogen-bond donors (Lipinski definition) is 0. The molecule has 3 heterocycles. The molecule has 1 amide bonds. The van der Waals surface area contributed by atoms with E-state index in [9.17, 15) is 4.79 Å². The van der Waals surface area contributed by atoms with Gasteiger partial charge in [-0.15, -0.1) is 0 Å².